The van der Waals surface area contributed by atoms with Gasteiger partial charge < -0.3 is 19.6 Å². The lowest BCUT2D eigenvalue weighted by atomic mass is 10.0. The normalized spacial score (nSPS) is 16.5. The zero-order valence-corrected chi connectivity index (χ0v) is 12.3. The van der Waals surface area contributed by atoms with Gasteiger partial charge >= 0.3 is 0 Å². The van der Waals surface area contributed by atoms with Crippen LogP contribution in [0, 0.1) is 0 Å². The second-order valence-corrected chi connectivity index (χ2v) is 5.37. The number of ether oxygens (including phenoxy) is 1. The van der Waals surface area contributed by atoms with Gasteiger partial charge in [0.05, 0.1) is 12.7 Å². The molecule has 0 aromatic heterocycles. The number of rotatable bonds is 3. The number of nitrogens with zero attached hydrogens (tertiary/aromatic N) is 2. The Morgan fingerprint density at radius 2 is 2.00 bits per heavy atom. The first-order valence-electron chi connectivity index (χ1n) is 6.85. The quantitative estimate of drug-likeness (QED) is 0.912. The van der Waals surface area contributed by atoms with Crippen molar-refractivity contribution in [2.75, 3.05) is 34.3 Å². The summed E-state index contributed by atoms with van der Waals surface area (Å²) in [5, 5.41) is 9.93. The van der Waals surface area contributed by atoms with Crippen LogP contribution in [0.5, 0.6) is 11.5 Å². The molecule has 1 aromatic rings. The molecule has 0 saturated carbocycles. The summed E-state index contributed by atoms with van der Waals surface area (Å²) in [6.45, 7) is 1.46. The molecule has 0 radical (unpaired) electrons. The number of aromatic hydroxyl groups is 1. The molecule has 1 aliphatic heterocycles. The summed E-state index contributed by atoms with van der Waals surface area (Å²) < 4.78 is 5.03. The zero-order valence-electron chi connectivity index (χ0n) is 12.3. The molecule has 0 aliphatic carbocycles. The van der Waals surface area contributed by atoms with E-state index in [2.05, 4.69) is 19.0 Å². The lowest BCUT2D eigenvalue weighted by molar-refractivity contribution is 0.0660. The molecule has 1 heterocycles. The van der Waals surface area contributed by atoms with Gasteiger partial charge in [-0.1, -0.05) is 0 Å². The van der Waals surface area contributed by atoms with Gasteiger partial charge in [0.25, 0.3) is 5.91 Å². The number of carbonyl (C=O) groups excluding carboxylic acids is 1. The zero-order chi connectivity index (χ0) is 14.7. The molecule has 20 heavy (non-hydrogen) atoms. The summed E-state index contributed by atoms with van der Waals surface area (Å²) in [7, 11) is 5.66. The number of benzene rings is 1. The highest BCUT2D eigenvalue weighted by Gasteiger charge is 2.26. The minimum atomic E-state index is -0.109. The number of phenolic OH excluding ortho intramolecular Hbond substituents is 1. The summed E-state index contributed by atoms with van der Waals surface area (Å²) >= 11 is 0. The van der Waals surface area contributed by atoms with Gasteiger partial charge in [-0.05, 0) is 39.1 Å². The Morgan fingerprint density at radius 1 is 1.35 bits per heavy atom. The Hall–Kier alpha value is -1.75. The number of hydrogen-bond donors (Lipinski definition) is 1. The molecule has 2 rings (SSSR count). The maximum Gasteiger partial charge on any atom is 0.257 e. The fourth-order valence-corrected chi connectivity index (χ4v) is 2.57. The van der Waals surface area contributed by atoms with Crippen LogP contribution in [0.3, 0.4) is 0 Å². The van der Waals surface area contributed by atoms with Gasteiger partial charge in [-0.3, -0.25) is 4.79 Å². The average Bonchev–Trinajstić information content (AvgIpc) is 2.46. The third-order valence-corrected chi connectivity index (χ3v) is 3.92. The van der Waals surface area contributed by atoms with E-state index >= 15 is 0 Å². The van der Waals surface area contributed by atoms with Crippen LogP contribution in [0.15, 0.2) is 18.2 Å². The van der Waals surface area contributed by atoms with Crippen molar-refractivity contribution < 1.29 is 14.6 Å². The molecular weight excluding hydrogens is 256 g/mol. The molecule has 5 heteroatoms. The van der Waals surface area contributed by atoms with E-state index in [1.54, 1.807) is 12.1 Å². The van der Waals surface area contributed by atoms with Gasteiger partial charge in [-0.2, -0.15) is 0 Å². The van der Waals surface area contributed by atoms with Gasteiger partial charge in [-0.15, -0.1) is 0 Å². The summed E-state index contributed by atoms with van der Waals surface area (Å²) in [4.78, 5) is 16.4. The van der Waals surface area contributed by atoms with Crippen LogP contribution in [0.2, 0.25) is 0 Å². The van der Waals surface area contributed by atoms with Gasteiger partial charge in [-0.25, -0.2) is 0 Å². The van der Waals surface area contributed by atoms with Crippen LogP contribution in [0.1, 0.15) is 23.2 Å². The first kappa shape index (κ1) is 14.7. The van der Waals surface area contributed by atoms with Crippen LogP contribution < -0.4 is 4.74 Å². The highest BCUT2D eigenvalue weighted by atomic mass is 16.5. The predicted molar refractivity (Wildman–Crippen MR) is 77.3 cm³/mol. The monoisotopic (exact) mass is 278 g/mol. The van der Waals surface area contributed by atoms with Crippen molar-refractivity contribution in [2.24, 2.45) is 0 Å². The van der Waals surface area contributed by atoms with Gasteiger partial charge in [0.1, 0.15) is 11.5 Å². The second kappa shape index (κ2) is 6.13. The van der Waals surface area contributed by atoms with Crippen molar-refractivity contribution in [3.63, 3.8) is 0 Å². The molecule has 1 N–H and O–H groups in total. The Labute approximate surface area is 119 Å². The lowest BCUT2D eigenvalue weighted by Gasteiger charge is -2.35. The van der Waals surface area contributed by atoms with Crippen molar-refractivity contribution in [1.82, 2.24) is 9.80 Å². The Bertz CT molecular complexity index is 480. The van der Waals surface area contributed by atoms with E-state index in [0.29, 0.717) is 17.4 Å². The predicted octanol–water partition coefficient (Wildman–Crippen LogP) is 1.57. The number of carbonyl (C=O) groups is 1. The van der Waals surface area contributed by atoms with E-state index in [0.717, 1.165) is 25.9 Å². The number of methoxy groups -OCH3 is 1. The SMILES string of the molecule is COc1ccc(C(=O)N2CCC(N(C)C)CC2)c(O)c1. The largest absolute Gasteiger partial charge is 0.507 e. The first-order chi connectivity index (χ1) is 9.52. The number of amides is 1. The molecule has 1 saturated heterocycles. The van der Waals surface area contributed by atoms with Crippen molar-refractivity contribution >= 4 is 5.91 Å². The average molecular weight is 278 g/mol. The third kappa shape index (κ3) is 3.04. The van der Waals surface area contributed by atoms with Crippen molar-refractivity contribution in [3.8, 4) is 11.5 Å². The van der Waals surface area contributed by atoms with E-state index < -0.39 is 0 Å². The molecule has 5 nitrogen and oxygen atoms in total. The Morgan fingerprint density at radius 3 is 2.50 bits per heavy atom. The first-order valence-corrected chi connectivity index (χ1v) is 6.85. The van der Waals surface area contributed by atoms with Gasteiger partial charge in [0, 0.05) is 25.2 Å². The number of likely N-dealkylation sites (tertiary alicyclic amines) is 1. The minimum absolute atomic E-state index is 0.0240. The second-order valence-electron chi connectivity index (χ2n) is 5.37. The highest BCUT2D eigenvalue weighted by molar-refractivity contribution is 5.97. The van der Waals surface area contributed by atoms with E-state index in [1.807, 2.05) is 4.90 Å². The van der Waals surface area contributed by atoms with E-state index in [9.17, 15) is 9.90 Å². The Kier molecular flexibility index (Phi) is 4.49. The van der Waals surface area contributed by atoms with Crippen LogP contribution >= 0.6 is 0 Å². The molecule has 110 valence electrons. The van der Waals surface area contributed by atoms with Crippen LogP contribution in [0.25, 0.3) is 0 Å². The summed E-state index contributed by atoms with van der Waals surface area (Å²) in [6.07, 6.45) is 1.94. The smallest absolute Gasteiger partial charge is 0.257 e. The minimum Gasteiger partial charge on any atom is -0.507 e. The highest BCUT2D eigenvalue weighted by Crippen LogP contribution is 2.26. The fraction of sp³-hybridized carbons (Fsp3) is 0.533. The molecule has 0 bridgehead atoms. The van der Waals surface area contributed by atoms with Crippen molar-refractivity contribution in [1.29, 1.82) is 0 Å². The van der Waals surface area contributed by atoms with E-state index in [-0.39, 0.29) is 11.7 Å². The standard InChI is InChI=1S/C15H22N2O3/c1-16(2)11-6-8-17(9-7-11)15(19)13-5-4-12(20-3)10-14(13)18/h4-5,10-11,18H,6-9H2,1-3H3. The molecule has 0 unspecified atom stereocenters. The van der Waals surface area contributed by atoms with Crippen molar-refractivity contribution in [3.05, 3.63) is 23.8 Å². The van der Waals surface area contributed by atoms with Crippen molar-refractivity contribution in [2.45, 2.75) is 18.9 Å². The summed E-state index contributed by atoms with van der Waals surface area (Å²) in [6, 6.07) is 5.32. The molecule has 1 fully saturated rings. The Balaban J connectivity index is 2.05. The number of phenols is 1. The molecular formula is C15H22N2O3. The maximum absolute atomic E-state index is 12.4. The maximum atomic E-state index is 12.4. The van der Waals surface area contributed by atoms with Gasteiger partial charge in [0.15, 0.2) is 0 Å². The lowest BCUT2D eigenvalue weighted by Crippen LogP contribution is -2.44. The van der Waals surface area contributed by atoms with Crippen LogP contribution in [-0.4, -0.2) is 61.2 Å². The van der Waals surface area contributed by atoms with E-state index in [4.69, 9.17) is 4.74 Å². The number of hydrogen-bond acceptors (Lipinski definition) is 4. The van der Waals surface area contributed by atoms with Crippen LogP contribution in [-0.2, 0) is 0 Å². The number of piperidine rings is 1. The topological polar surface area (TPSA) is 53.0 Å². The molecule has 0 atom stereocenters. The van der Waals surface area contributed by atoms with E-state index in [1.165, 1.54) is 13.2 Å². The van der Waals surface area contributed by atoms with Crippen LogP contribution in [0.4, 0.5) is 0 Å². The molecule has 1 aromatic carbocycles. The summed E-state index contributed by atoms with van der Waals surface area (Å²) in [5.41, 5.74) is 0.342. The van der Waals surface area contributed by atoms with Gasteiger partial charge in [0.2, 0.25) is 0 Å². The molecule has 1 aliphatic rings. The summed E-state index contributed by atoms with van der Waals surface area (Å²) in [5.74, 6) is 0.414. The fourth-order valence-electron chi connectivity index (χ4n) is 2.57. The third-order valence-electron chi connectivity index (χ3n) is 3.92. The molecule has 1 amide bonds. The molecule has 0 spiro atoms.